The number of anilines is 1. The Bertz CT molecular complexity index is 248. The summed E-state index contributed by atoms with van der Waals surface area (Å²) in [5.41, 5.74) is 7.37. The fourth-order valence-corrected chi connectivity index (χ4v) is 1.19. The van der Waals surface area contributed by atoms with Crippen LogP contribution < -0.4 is 5.73 Å². The second-order valence-corrected chi connectivity index (χ2v) is 2.71. The van der Waals surface area contributed by atoms with Crippen molar-refractivity contribution < 1.29 is 0 Å². The van der Waals surface area contributed by atoms with Gasteiger partial charge in [-0.1, -0.05) is 23.7 Å². The lowest BCUT2D eigenvalue weighted by atomic mass is 10.1. The van der Waals surface area contributed by atoms with Gasteiger partial charge in [0.15, 0.2) is 0 Å². The fourth-order valence-electron chi connectivity index (χ4n) is 0.935. The summed E-state index contributed by atoms with van der Waals surface area (Å²) in [6, 6.07) is 5.51. The van der Waals surface area contributed by atoms with Gasteiger partial charge in [0.05, 0.1) is 0 Å². The van der Waals surface area contributed by atoms with Gasteiger partial charge in [-0.05, 0) is 24.1 Å². The highest BCUT2D eigenvalue weighted by atomic mass is 35.5. The molecule has 0 heterocycles. The first-order valence-corrected chi connectivity index (χ1v) is 3.77. The number of hydrogen-bond donors (Lipinski definition) is 1. The van der Waals surface area contributed by atoms with Crippen LogP contribution in [0.3, 0.4) is 0 Å². The van der Waals surface area contributed by atoms with E-state index in [1.807, 2.05) is 18.2 Å². The molecule has 0 radical (unpaired) electrons. The molecule has 58 valence electrons. The molecular formula is C9H10ClN. The molecule has 0 atom stereocenters. The summed E-state index contributed by atoms with van der Waals surface area (Å²) in [5, 5.41) is 0.713. The fraction of sp³-hybridized carbons (Fsp3) is 0.111. The van der Waals surface area contributed by atoms with Gasteiger partial charge in [-0.15, -0.1) is 6.58 Å². The third-order valence-corrected chi connectivity index (χ3v) is 1.86. The summed E-state index contributed by atoms with van der Waals surface area (Å²) >= 11 is 5.88. The Morgan fingerprint density at radius 1 is 1.55 bits per heavy atom. The van der Waals surface area contributed by atoms with E-state index in [0.717, 1.165) is 17.7 Å². The predicted molar refractivity (Wildman–Crippen MR) is 49.8 cm³/mol. The predicted octanol–water partition coefficient (Wildman–Crippen LogP) is 2.65. The summed E-state index contributed by atoms with van der Waals surface area (Å²) < 4.78 is 0. The monoisotopic (exact) mass is 167 g/mol. The highest BCUT2D eigenvalue weighted by Gasteiger charge is 2.00. The molecular weight excluding hydrogens is 158 g/mol. The molecule has 0 saturated heterocycles. The molecule has 1 aromatic carbocycles. The van der Waals surface area contributed by atoms with E-state index in [1.54, 1.807) is 6.08 Å². The molecule has 2 heteroatoms. The molecule has 0 bridgehead atoms. The molecule has 0 amide bonds. The maximum Gasteiger partial charge on any atom is 0.0461 e. The molecule has 0 saturated carbocycles. The van der Waals surface area contributed by atoms with Gasteiger partial charge in [-0.25, -0.2) is 0 Å². The van der Waals surface area contributed by atoms with Crippen molar-refractivity contribution in [3.63, 3.8) is 0 Å². The molecule has 0 aliphatic carbocycles. The molecule has 0 aromatic heterocycles. The smallest absolute Gasteiger partial charge is 0.0461 e. The number of hydrogen-bond acceptors (Lipinski definition) is 1. The van der Waals surface area contributed by atoms with Crippen molar-refractivity contribution in [3.05, 3.63) is 41.4 Å². The van der Waals surface area contributed by atoms with E-state index >= 15 is 0 Å². The standard InChI is InChI=1S/C9H10ClN/c1-2-4-7-8(10)5-3-6-9(7)11/h2-3,5-6H,1,4,11H2. The van der Waals surface area contributed by atoms with Gasteiger partial charge >= 0.3 is 0 Å². The van der Waals surface area contributed by atoms with E-state index in [4.69, 9.17) is 17.3 Å². The zero-order valence-corrected chi connectivity index (χ0v) is 6.93. The minimum absolute atomic E-state index is 0.713. The van der Waals surface area contributed by atoms with Crippen molar-refractivity contribution in [2.75, 3.05) is 5.73 Å². The number of rotatable bonds is 2. The Morgan fingerprint density at radius 2 is 2.27 bits per heavy atom. The average Bonchev–Trinajstić information content (AvgIpc) is 1.97. The van der Waals surface area contributed by atoms with Crippen LogP contribution in [-0.2, 0) is 6.42 Å². The van der Waals surface area contributed by atoms with E-state index in [2.05, 4.69) is 6.58 Å². The van der Waals surface area contributed by atoms with Crippen LogP contribution in [0.25, 0.3) is 0 Å². The lowest BCUT2D eigenvalue weighted by Crippen LogP contribution is -1.93. The van der Waals surface area contributed by atoms with Gasteiger partial charge < -0.3 is 5.73 Å². The number of benzene rings is 1. The van der Waals surface area contributed by atoms with E-state index in [0.29, 0.717) is 5.02 Å². The minimum Gasteiger partial charge on any atom is -0.398 e. The zero-order chi connectivity index (χ0) is 8.27. The summed E-state index contributed by atoms with van der Waals surface area (Å²) in [6.45, 7) is 3.62. The second-order valence-electron chi connectivity index (χ2n) is 2.30. The van der Waals surface area contributed by atoms with E-state index < -0.39 is 0 Å². The summed E-state index contributed by atoms with van der Waals surface area (Å²) in [6.07, 6.45) is 2.52. The van der Waals surface area contributed by atoms with Gasteiger partial charge in [-0.3, -0.25) is 0 Å². The Balaban J connectivity index is 3.09. The third-order valence-electron chi connectivity index (χ3n) is 1.50. The molecule has 1 rings (SSSR count). The van der Waals surface area contributed by atoms with Gasteiger partial charge in [0.25, 0.3) is 0 Å². The molecule has 11 heavy (non-hydrogen) atoms. The topological polar surface area (TPSA) is 26.0 Å². The minimum atomic E-state index is 0.713. The van der Waals surface area contributed by atoms with Gasteiger partial charge in [0, 0.05) is 10.7 Å². The van der Waals surface area contributed by atoms with Crippen LogP contribution in [-0.4, -0.2) is 0 Å². The Morgan fingerprint density at radius 3 is 2.82 bits per heavy atom. The van der Waals surface area contributed by atoms with Crippen molar-refractivity contribution in [2.45, 2.75) is 6.42 Å². The first kappa shape index (κ1) is 8.15. The highest BCUT2D eigenvalue weighted by molar-refractivity contribution is 6.31. The van der Waals surface area contributed by atoms with Crippen LogP contribution in [0, 0.1) is 0 Å². The van der Waals surface area contributed by atoms with Crippen molar-refractivity contribution >= 4 is 17.3 Å². The van der Waals surface area contributed by atoms with Crippen LogP contribution in [0.2, 0.25) is 5.02 Å². The summed E-state index contributed by atoms with van der Waals surface area (Å²) in [5.74, 6) is 0. The SMILES string of the molecule is C=CCc1c(N)cccc1Cl. The van der Waals surface area contributed by atoms with E-state index in [9.17, 15) is 0 Å². The largest absolute Gasteiger partial charge is 0.398 e. The maximum absolute atomic E-state index is 5.88. The third kappa shape index (κ3) is 1.75. The molecule has 2 N–H and O–H groups in total. The van der Waals surface area contributed by atoms with Crippen molar-refractivity contribution in [2.24, 2.45) is 0 Å². The Labute approximate surface area is 71.5 Å². The van der Waals surface area contributed by atoms with Gasteiger partial charge in [0.2, 0.25) is 0 Å². The zero-order valence-electron chi connectivity index (χ0n) is 6.18. The number of nitrogen functional groups attached to an aromatic ring is 1. The van der Waals surface area contributed by atoms with Crippen LogP contribution in [0.1, 0.15) is 5.56 Å². The average molecular weight is 168 g/mol. The molecule has 0 aliphatic heterocycles. The van der Waals surface area contributed by atoms with Crippen molar-refractivity contribution in [1.29, 1.82) is 0 Å². The highest BCUT2D eigenvalue weighted by Crippen LogP contribution is 2.22. The molecule has 0 spiro atoms. The Hall–Kier alpha value is -0.950. The molecule has 0 unspecified atom stereocenters. The molecule has 1 aromatic rings. The maximum atomic E-state index is 5.88. The lowest BCUT2D eigenvalue weighted by molar-refractivity contribution is 1.28. The van der Waals surface area contributed by atoms with Crippen molar-refractivity contribution in [3.8, 4) is 0 Å². The summed E-state index contributed by atoms with van der Waals surface area (Å²) in [7, 11) is 0. The normalized spacial score (nSPS) is 9.55. The van der Waals surface area contributed by atoms with Crippen LogP contribution >= 0.6 is 11.6 Å². The van der Waals surface area contributed by atoms with E-state index in [1.165, 1.54) is 0 Å². The number of halogens is 1. The van der Waals surface area contributed by atoms with E-state index in [-0.39, 0.29) is 0 Å². The molecule has 1 nitrogen and oxygen atoms in total. The first-order valence-electron chi connectivity index (χ1n) is 3.39. The lowest BCUT2D eigenvalue weighted by Gasteiger charge is -2.03. The van der Waals surface area contributed by atoms with Crippen LogP contribution in [0.5, 0.6) is 0 Å². The first-order chi connectivity index (χ1) is 5.25. The second kappa shape index (κ2) is 3.44. The quantitative estimate of drug-likeness (QED) is 0.532. The van der Waals surface area contributed by atoms with Gasteiger partial charge in [0.1, 0.15) is 0 Å². The molecule has 0 aliphatic rings. The van der Waals surface area contributed by atoms with Crippen LogP contribution in [0.15, 0.2) is 30.9 Å². The number of allylic oxidation sites excluding steroid dienone is 1. The van der Waals surface area contributed by atoms with Crippen molar-refractivity contribution in [1.82, 2.24) is 0 Å². The van der Waals surface area contributed by atoms with Crippen LogP contribution in [0.4, 0.5) is 5.69 Å². The number of nitrogens with two attached hydrogens (primary N) is 1. The Kier molecular flexibility index (Phi) is 2.55. The molecule has 0 fully saturated rings. The summed E-state index contributed by atoms with van der Waals surface area (Å²) in [4.78, 5) is 0. The van der Waals surface area contributed by atoms with Gasteiger partial charge in [-0.2, -0.15) is 0 Å².